The fraction of sp³-hybridized carbons (Fsp3) is 0.0769. The Bertz CT molecular complexity index is 572. The van der Waals surface area contributed by atoms with Crippen LogP contribution in [-0.2, 0) is 0 Å². The van der Waals surface area contributed by atoms with Crippen molar-refractivity contribution < 1.29 is 9.66 Å². The highest BCUT2D eigenvalue weighted by Crippen LogP contribution is 2.35. The molecule has 0 aromatic heterocycles. The summed E-state index contributed by atoms with van der Waals surface area (Å²) in [6.07, 6.45) is 0. The van der Waals surface area contributed by atoms with Gasteiger partial charge in [0.1, 0.15) is 5.75 Å². The van der Waals surface area contributed by atoms with Gasteiger partial charge in [-0.2, -0.15) is 0 Å². The zero-order valence-corrected chi connectivity index (χ0v) is 10.5. The van der Waals surface area contributed by atoms with Gasteiger partial charge < -0.3 is 4.74 Å². The number of benzene rings is 2. The first-order chi connectivity index (χ1) is 8.70. The lowest BCUT2D eigenvalue weighted by Gasteiger charge is -2.07. The first kappa shape index (κ1) is 12.4. The first-order valence-electron chi connectivity index (χ1n) is 5.26. The Kier molecular flexibility index (Phi) is 3.84. The normalized spacial score (nSPS) is 10.1. The van der Waals surface area contributed by atoms with Gasteiger partial charge in [0.05, 0.1) is 16.9 Å². The monoisotopic (exact) mass is 261 g/mol. The van der Waals surface area contributed by atoms with Crippen molar-refractivity contribution in [2.24, 2.45) is 0 Å². The van der Waals surface area contributed by atoms with Gasteiger partial charge in [-0.25, -0.2) is 0 Å². The molecule has 4 nitrogen and oxygen atoms in total. The molecule has 0 aliphatic rings. The summed E-state index contributed by atoms with van der Waals surface area (Å²) in [6.45, 7) is 0. The maximum atomic E-state index is 10.7. The molecule has 18 heavy (non-hydrogen) atoms. The molecule has 0 heterocycles. The van der Waals surface area contributed by atoms with Crippen molar-refractivity contribution in [3.63, 3.8) is 0 Å². The molecule has 0 aliphatic heterocycles. The van der Waals surface area contributed by atoms with Crippen LogP contribution in [0.25, 0.3) is 0 Å². The molecule has 2 rings (SSSR count). The van der Waals surface area contributed by atoms with Crippen LogP contribution in [0, 0.1) is 10.1 Å². The fourth-order valence-corrected chi connectivity index (χ4v) is 2.47. The average Bonchev–Trinajstić information content (AvgIpc) is 2.39. The van der Waals surface area contributed by atoms with E-state index in [0.717, 1.165) is 15.5 Å². The Balaban J connectivity index is 2.28. The second-order valence-corrected chi connectivity index (χ2v) is 4.62. The number of hydrogen-bond acceptors (Lipinski definition) is 4. The van der Waals surface area contributed by atoms with E-state index in [1.165, 1.54) is 17.8 Å². The van der Waals surface area contributed by atoms with Gasteiger partial charge in [-0.1, -0.05) is 30.0 Å². The van der Waals surface area contributed by atoms with Crippen LogP contribution in [0.2, 0.25) is 0 Å². The molecule has 2 aromatic carbocycles. The van der Waals surface area contributed by atoms with Crippen molar-refractivity contribution in [3.05, 3.63) is 58.6 Å². The SMILES string of the molecule is COc1ccccc1Sc1cccc([N+](=O)[O-])c1. The third-order valence-corrected chi connectivity index (χ3v) is 3.37. The van der Waals surface area contributed by atoms with E-state index in [2.05, 4.69) is 0 Å². The van der Waals surface area contributed by atoms with E-state index in [4.69, 9.17) is 4.74 Å². The summed E-state index contributed by atoms with van der Waals surface area (Å²) in [6, 6.07) is 14.1. The smallest absolute Gasteiger partial charge is 0.270 e. The number of nitrogens with zero attached hydrogens (tertiary/aromatic N) is 1. The minimum atomic E-state index is -0.397. The summed E-state index contributed by atoms with van der Waals surface area (Å²) in [5.41, 5.74) is 0.0925. The molecule has 0 fully saturated rings. The number of non-ortho nitro benzene ring substituents is 1. The number of nitro benzene ring substituents is 1. The van der Waals surface area contributed by atoms with Gasteiger partial charge in [-0.15, -0.1) is 0 Å². The summed E-state index contributed by atoms with van der Waals surface area (Å²) in [5, 5.41) is 10.7. The fourth-order valence-electron chi connectivity index (χ4n) is 1.49. The van der Waals surface area contributed by atoms with Gasteiger partial charge in [0.15, 0.2) is 0 Å². The van der Waals surface area contributed by atoms with Gasteiger partial charge in [0, 0.05) is 17.0 Å². The quantitative estimate of drug-likeness (QED) is 0.621. The van der Waals surface area contributed by atoms with E-state index >= 15 is 0 Å². The number of rotatable bonds is 4. The van der Waals surface area contributed by atoms with Gasteiger partial charge >= 0.3 is 0 Å². The molecule has 0 unspecified atom stereocenters. The van der Waals surface area contributed by atoms with E-state index in [1.54, 1.807) is 19.2 Å². The molecule has 0 aliphatic carbocycles. The van der Waals surface area contributed by atoms with Crippen molar-refractivity contribution in [2.45, 2.75) is 9.79 Å². The van der Waals surface area contributed by atoms with Crippen molar-refractivity contribution in [2.75, 3.05) is 7.11 Å². The predicted molar refractivity (Wildman–Crippen MR) is 70.2 cm³/mol. The van der Waals surface area contributed by atoms with Crippen molar-refractivity contribution in [1.82, 2.24) is 0 Å². The summed E-state index contributed by atoms with van der Waals surface area (Å²) in [4.78, 5) is 12.0. The minimum Gasteiger partial charge on any atom is -0.496 e. The topological polar surface area (TPSA) is 52.4 Å². The van der Waals surface area contributed by atoms with Crippen LogP contribution in [0.1, 0.15) is 0 Å². The van der Waals surface area contributed by atoms with Gasteiger partial charge in [-0.3, -0.25) is 10.1 Å². The van der Waals surface area contributed by atoms with E-state index in [1.807, 2.05) is 30.3 Å². The second-order valence-electron chi connectivity index (χ2n) is 3.51. The molecular formula is C13H11NO3S. The second kappa shape index (κ2) is 5.55. The van der Waals surface area contributed by atoms with Crippen molar-refractivity contribution in [1.29, 1.82) is 0 Å². The lowest BCUT2D eigenvalue weighted by Crippen LogP contribution is -1.88. The summed E-state index contributed by atoms with van der Waals surface area (Å²) in [5.74, 6) is 0.758. The number of nitro groups is 1. The molecule has 0 radical (unpaired) electrons. The highest BCUT2D eigenvalue weighted by atomic mass is 32.2. The van der Waals surface area contributed by atoms with Crippen molar-refractivity contribution >= 4 is 17.4 Å². The van der Waals surface area contributed by atoms with Crippen LogP contribution in [-0.4, -0.2) is 12.0 Å². The van der Waals surface area contributed by atoms with Crippen LogP contribution >= 0.6 is 11.8 Å². The third kappa shape index (κ3) is 2.81. The summed E-state index contributed by atoms with van der Waals surface area (Å²) >= 11 is 1.44. The number of para-hydroxylation sites is 1. The lowest BCUT2D eigenvalue weighted by molar-refractivity contribution is -0.385. The number of hydrogen-bond donors (Lipinski definition) is 0. The maximum absolute atomic E-state index is 10.7. The molecule has 0 atom stereocenters. The predicted octanol–water partition coefficient (Wildman–Crippen LogP) is 3.75. The van der Waals surface area contributed by atoms with E-state index < -0.39 is 4.92 Å². The van der Waals surface area contributed by atoms with Crippen molar-refractivity contribution in [3.8, 4) is 5.75 Å². The molecule has 0 amide bonds. The van der Waals surface area contributed by atoms with E-state index in [9.17, 15) is 10.1 Å². The van der Waals surface area contributed by atoms with E-state index in [-0.39, 0.29) is 5.69 Å². The highest BCUT2D eigenvalue weighted by Gasteiger charge is 2.08. The first-order valence-corrected chi connectivity index (χ1v) is 6.07. The Morgan fingerprint density at radius 1 is 1.17 bits per heavy atom. The van der Waals surface area contributed by atoms with E-state index in [0.29, 0.717) is 0 Å². The number of methoxy groups -OCH3 is 1. The zero-order valence-electron chi connectivity index (χ0n) is 9.70. The Hall–Kier alpha value is -2.01. The minimum absolute atomic E-state index is 0.0925. The molecular weight excluding hydrogens is 250 g/mol. The van der Waals surface area contributed by atoms with Crippen LogP contribution in [0.4, 0.5) is 5.69 Å². The van der Waals surface area contributed by atoms with Gasteiger partial charge in [-0.05, 0) is 18.2 Å². The standard InChI is InChI=1S/C13H11NO3S/c1-17-12-7-2-3-8-13(12)18-11-6-4-5-10(9-11)14(15)16/h2-9H,1H3. The molecule has 0 bridgehead atoms. The molecule has 0 spiro atoms. The maximum Gasteiger partial charge on any atom is 0.270 e. The van der Waals surface area contributed by atoms with Crippen LogP contribution < -0.4 is 4.74 Å². The Morgan fingerprint density at radius 2 is 1.94 bits per heavy atom. The zero-order chi connectivity index (χ0) is 13.0. The van der Waals surface area contributed by atoms with Gasteiger partial charge in [0.2, 0.25) is 0 Å². The largest absolute Gasteiger partial charge is 0.496 e. The number of ether oxygens (including phenoxy) is 1. The third-order valence-electron chi connectivity index (χ3n) is 2.33. The molecule has 0 N–H and O–H groups in total. The molecule has 92 valence electrons. The molecule has 0 saturated heterocycles. The highest BCUT2D eigenvalue weighted by molar-refractivity contribution is 7.99. The van der Waals surface area contributed by atoms with Gasteiger partial charge in [0.25, 0.3) is 5.69 Å². The molecule has 2 aromatic rings. The lowest BCUT2D eigenvalue weighted by atomic mass is 10.3. The summed E-state index contributed by atoms with van der Waals surface area (Å²) in [7, 11) is 1.60. The Labute approximate surface area is 109 Å². The van der Waals surface area contributed by atoms with Crippen LogP contribution in [0.15, 0.2) is 58.3 Å². The molecule has 5 heteroatoms. The van der Waals surface area contributed by atoms with Crippen LogP contribution in [0.5, 0.6) is 5.75 Å². The average molecular weight is 261 g/mol. The Morgan fingerprint density at radius 3 is 2.67 bits per heavy atom. The molecule has 0 saturated carbocycles. The summed E-state index contributed by atoms with van der Waals surface area (Å²) < 4.78 is 5.24. The van der Waals surface area contributed by atoms with Crippen LogP contribution in [0.3, 0.4) is 0 Å².